The fourth-order valence-corrected chi connectivity index (χ4v) is 4.61. The highest BCUT2D eigenvalue weighted by molar-refractivity contribution is 6.49. The van der Waals surface area contributed by atoms with Crippen LogP contribution in [0.25, 0.3) is 0 Å². The van der Waals surface area contributed by atoms with Crippen molar-refractivity contribution in [2.75, 3.05) is 24.5 Å². The van der Waals surface area contributed by atoms with E-state index in [1.807, 2.05) is 10.2 Å². The van der Waals surface area contributed by atoms with Crippen LogP contribution in [0.4, 0.5) is 14.9 Å². The molecule has 0 radical (unpaired) electrons. The molecule has 1 aromatic carbocycles. The van der Waals surface area contributed by atoms with Crippen LogP contribution in [0.15, 0.2) is 4.99 Å². The lowest BCUT2D eigenvalue weighted by molar-refractivity contribution is -0.131. The third-order valence-electron chi connectivity index (χ3n) is 5.19. The number of benzene rings is 1. The first-order valence-electron chi connectivity index (χ1n) is 8.60. The molecule has 3 heterocycles. The zero-order chi connectivity index (χ0) is 20.2. The Morgan fingerprint density at radius 1 is 1.18 bits per heavy atom. The van der Waals surface area contributed by atoms with Crippen molar-refractivity contribution in [1.29, 1.82) is 0 Å². The number of hydrogen-bond donors (Lipinski definition) is 1. The number of rotatable bonds is 3. The van der Waals surface area contributed by atoms with E-state index in [9.17, 15) is 18.8 Å². The van der Waals surface area contributed by atoms with E-state index in [1.54, 1.807) is 4.90 Å². The van der Waals surface area contributed by atoms with Crippen molar-refractivity contribution in [3.05, 3.63) is 26.4 Å². The molecule has 1 fully saturated rings. The quantitative estimate of drug-likeness (QED) is 0.571. The van der Waals surface area contributed by atoms with Crippen LogP contribution in [-0.4, -0.2) is 54.1 Å². The second kappa shape index (κ2) is 7.17. The van der Waals surface area contributed by atoms with Crippen molar-refractivity contribution in [2.24, 2.45) is 4.99 Å². The Kier molecular flexibility index (Phi) is 4.97. The summed E-state index contributed by atoms with van der Waals surface area (Å²) < 4.78 is 14.5. The van der Waals surface area contributed by atoms with Crippen LogP contribution in [0, 0.1) is 5.82 Å². The third kappa shape index (κ3) is 3.13. The number of aliphatic imine (C=N–C) groups is 1. The molecule has 0 aliphatic carbocycles. The van der Waals surface area contributed by atoms with Crippen molar-refractivity contribution < 1.29 is 18.8 Å². The zero-order valence-corrected chi connectivity index (χ0v) is 16.7. The van der Waals surface area contributed by atoms with E-state index in [1.165, 1.54) is 0 Å². The van der Waals surface area contributed by atoms with Gasteiger partial charge < -0.3 is 9.80 Å². The zero-order valence-electron chi connectivity index (χ0n) is 14.4. The molecule has 0 bridgehead atoms. The number of urea groups is 1. The van der Waals surface area contributed by atoms with Gasteiger partial charge in [-0.25, -0.2) is 9.18 Å². The standard InChI is InChI=1S/C17H14Cl3FN4O3/c18-11-12(19)14(21)8-5-7-6-24(3-4-25(7)15(8)13(11)20)10(26)2-1-9-16(27)23-17(28)22-9/h7H,1-6H2,(H,23,27,28). The number of fused-ring (bicyclic) bond motifs is 3. The maximum absolute atomic E-state index is 14.5. The molecule has 0 aromatic heterocycles. The maximum Gasteiger partial charge on any atom is 0.348 e. The number of anilines is 1. The van der Waals surface area contributed by atoms with Crippen molar-refractivity contribution in [3.8, 4) is 0 Å². The van der Waals surface area contributed by atoms with Gasteiger partial charge in [0.2, 0.25) is 5.91 Å². The molecule has 1 aromatic rings. The predicted molar refractivity (Wildman–Crippen MR) is 103 cm³/mol. The van der Waals surface area contributed by atoms with Gasteiger partial charge in [0, 0.05) is 38.0 Å². The first-order chi connectivity index (χ1) is 13.3. The smallest absolute Gasteiger partial charge is 0.348 e. The highest BCUT2D eigenvalue weighted by Gasteiger charge is 2.40. The van der Waals surface area contributed by atoms with Crippen LogP contribution in [0.5, 0.6) is 0 Å². The third-order valence-corrected chi connectivity index (χ3v) is 6.49. The Balaban J connectivity index is 1.45. The average Bonchev–Trinajstić information content (AvgIpc) is 3.21. The number of hydrogen-bond acceptors (Lipinski definition) is 4. The molecule has 1 atom stereocenters. The maximum atomic E-state index is 14.5. The van der Waals surface area contributed by atoms with Gasteiger partial charge in [0.25, 0.3) is 5.91 Å². The van der Waals surface area contributed by atoms with Crippen LogP contribution in [0.2, 0.25) is 15.1 Å². The molecule has 11 heteroatoms. The van der Waals surface area contributed by atoms with Gasteiger partial charge in [-0.3, -0.25) is 14.9 Å². The van der Waals surface area contributed by atoms with Crippen LogP contribution in [0.1, 0.15) is 18.4 Å². The number of carbonyl (C=O) groups is 3. The van der Waals surface area contributed by atoms with Crippen LogP contribution in [-0.2, 0) is 16.0 Å². The lowest BCUT2D eigenvalue weighted by Crippen LogP contribution is -2.53. The first-order valence-corrected chi connectivity index (χ1v) is 9.73. The van der Waals surface area contributed by atoms with Crippen LogP contribution < -0.4 is 10.2 Å². The number of nitrogens with one attached hydrogen (secondary N) is 1. The Labute approximate surface area is 174 Å². The molecule has 148 valence electrons. The summed E-state index contributed by atoms with van der Waals surface area (Å²) in [5, 5.41) is 2.07. The van der Waals surface area contributed by atoms with E-state index in [-0.39, 0.29) is 45.6 Å². The second-order valence-corrected chi connectivity index (χ2v) is 7.93. The van der Waals surface area contributed by atoms with E-state index in [4.69, 9.17) is 34.8 Å². The molecule has 7 nitrogen and oxygen atoms in total. The van der Waals surface area contributed by atoms with Gasteiger partial charge in [0.15, 0.2) is 0 Å². The van der Waals surface area contributed by atoms with E-state index in [0.717, 1.165) is 0 Å². The molecule has 0 spiro atoms. The molecular formula is C17H14Cl3FN4O3. The topological polar surface area (TPSA) is 82.1 Å². The summed E-state index contributed by atoms with van der Waals surface area (Å²) >= 11 is 18.3. The summed E-state index contributed by atoms with van der Waals surface area (Å²) in [6.45, 7) is 1.28. The van der Waals surface area contributed by atoms with Gasteiger partial charge in [-0.05, 0) is 6.42 Å². The van der Waals surface area contributed by atoms with E-state index in [2.05, 4.69) is 4.99 Å². The summed E-state index contributed by atoms with van der Waals surface area (Å²) in [5.41, 5.74) is 1.01. The van der Waals surface area contributed by atoms with E-state index in [0.29, 0.717) is 37.3 Å². The lowest BCUT2D eigenvalue weighted by Gasteiger charge is -2.39. The van der Waals surface area contributed by atoms with Gasteiger partial charge in [0.05, 0.1) is 26.8 Å². The average molecular weight is 448 g/mol. The molecule has 0 saturated carbocycles. The minimum absolute atomic E-state index is 0.0103. The molecule has 28 heavy (non-hydrogen) atoms. The molecular weight excluding hydrogens is 434 g/mol. The summed E-state index contributed by atoms with van der Waals surface area (Å²) in [6, 6.07) is -0.844. The monoisotopic (exact) mass is 446 g/mol. The largest absolute Gasteiger partial charge is 0.363 e. The predicted octanol–water partition coefficient (Wildman–Crippen LogP) is 2.83. The van der Waals surface area contributed by atoms with E-state index >= 15 is 0 Å². The Bertz CT molecular complexity index is 952. The fourth-order valence-electron chi connectivity index (χ4n) is 3.86. The van der Waals surface area contributed by atoms with Crippen molar-refractivity contribution in [2.45, 2.75) is 25.3 Å². The van der Waals surface area contributed by atoms with Crippen LogP contribution in [0.3, 0.4) is 0 Å². The number of piperazine rings is 1. The van der Waals surface area contributed by atoms with Gasteiger partial charge in [-0.15, -0.1) is 0 Å². The second-order valence-electron chi connectivity index (χ2n) is 6.79. The van der Waals surface area contributed by atoms with Crippen molar-refractivity contribution >= 4 is 64.0 Å². The number of amides is 4. The molecule has 1 unspecified atom stereocenters. The van der Waals surface area contributed by atoms with E-state index < -0.39 is 17.8 Å². The van der Waals surface area contributed by atoms with Gasteiger partial charge in [0.1, 0.15) is 11.5 Å². The number of halogens is 4. The summed E-state index contributed by atoms with van der Waals surface area (Å²) in [4.78, 5) is 42.3. The molecule has 4 amide bonds. The Morgan fingerprint density at radius 3 is 2.61 bits per heavy atom. The lowest BCUT2D eigenvalue weighted by atomic mass is 10.1. The summed E-state index contributed by atoms with van der Waals surface area (Å²) in [5.74, 6) is -1.30. The van der Waals surface area contributed by atoms with Crippen molar-refractivity contribution in [1.82, 2.24) is 10.2 Å². The number of nitrogens with zero attached hydrogens (tertiary/aromatic N) is 3. The number of imide groups is 1. The SMILES string of the molecule is O=C1N=C(CCC(=O)N2CCN3c4c(Cl)c(Cl)c(Cl)c(F)c4CC3C2)C(=O)N1. The minimum Gasteiger partial charge on any atom is -0.363 e. The normalized spacial score (nSPS) is 20.9. The molecule has 3 aliphatic rings. The number of carbonyl (C=O) groups excluding carboxylic acids is 3. The Hall–Kier alpha value is -1.90. The fraction of sp³-hybridized carbons (Fsp3) is 0.412. The molecule has 4 rings (SSSR count). The molecule has 1 N–H and O–H groups in total. The highest BCUT2D eigenvalue weighted by atomic mass is 35.5. The van der Waals surface area contributed by atoms with Gasteiger partial charge in [-0.2, -0.15) is 4.99 Å². The Morgan fingerprint density at radius 2 is 1.93 bits per heavy atom. The summed E-state index contributed by atoms with van der Waals surface area (Å²) in [7, 11) is 0. The van der Waals surface area contributed by atoms with Crippen molar-refractivity contribution in [3.63, 3.8) is 0 Å². The van der Waals surface area contributed by atoms with Crippen LogP contribution >= 0.6 is 34.8 Å². The minimum atomic E-state index is -0.707. The molecule has 3 aliphatic heterocycles. The molecule has 1 saturated heterocycles. The highest BCUT2D eigenvalue weighted by Crippen LogP contribution is 2.47. The first kappa shape index (κ1) is 19.4. The van der Waals surface area contributed by atoms with Gasteiger partial charge >= 0.3 is 6.03 Å². The summed E-state index contributed by atoms with van der Waals surface area (Å²) in [6.07, 6.45) is 0.518. The van der Waals surface area contributed by atoms with Gasteiger partial charge in [-0.1, -0.05) is 34.8 Å².